The zero-order valence-electron chi connectivity index (χ0n) is 10.0. The van der Waals surface area contributed by atoms with Gasteiger partial charge in [-0.05, 0) is 18.9 Å². The molecule has 1 aliphatic rings. The Labute approximate surface area is 104 Å². The zero-order valence-corrected chi connectivity index (χ0v) is 10.0. The van der Waals surface area contributed by atoms with Crippen molar-refractivity contribution in [1.82, 2.24) is 9.97 Å². The van der Waals surface area contributed by atoms with Gasteiger partial charge in [-0.25, -0.2) is 9.37 Å². The second-order valence-corrected chi connectivity index (χ2v) is 4.30. The minimum Gasteiger partial charge on any atom is -0.481 e. The number of fused-ring (bicyclic) bond motifs is 1. The molecule has 0 aromatic carbocycles. The Bertz CT molecular complexity index is 584. The summed E-state index contributed by atoms with van der Waals surface area (Å²) >= 11 is 0. The minimum atomic E-state index is -0.316. The van der Waals surface area contributed by atoms with Gasteiger partial charge in [0, 0.05) is 11.6 Å². The first-order valence-electron chi connectivity index (χ1n) is 5.87. The summed E-state index contributed by atoms with van der Waals surface area (Å²) in [6, 6.07) is 3.51. The number of methoxy groups -OCH3 is 1. The van der Waals surface area contributed by atoms with Crippen LogP contribution < -0.4 is 4.74 Å². The van der Waals surface area contributed by atoms with Crippen LogP contribution in [-0.2, 0) is 11.2 Å². The van der Waals surface area contributed by atoms with Crippen LogP contribution in [0.25, 0.3) is 11.0 Å². The number of aromatic nitrogens is 2. The summed E-state index contributed by atoms with van der Waals surface area (Å²) in [7, 11) is 1.54. The molecule has 0 spiro atoms. The first-order chi connectivity index (χ1) is 8.78. The van der Waals surface area contributed by atoms with Crippen molar-refractivity contribution in [3.8, 4) is 5.88 Å². The summed E-state index contributed by atoms with van der Waals surface area (Å²) in [5.41, 5.74) is 1.85. The molecule has 0 radical (unpaired) electrons. The van der Waals surface area contributed by atoms with Crippen LogP contribution in [0.15, 0.2) is 18.3 Å². The molecule has 18 heavy (non-hydrogen) atoms. The molecule has 0 bridgehead atoms. The fourth-order valence-electron chi connectivity index (χ4n) is 1.97. The van der Waals surface area contributed by atoms with Crippen molar-refractivity contribution in [3.63, 3.8) is 0 Å². The molecular weight excluding hydrogens is 235 g/mol. The van der Waals surface area contributed by atoms with Crippen molar-refractivity contribution >= 4 is 11.0 Å². The van der Waals surface area contributed by atoms with E-state index in [4.69, 9.17) is 9.47 Å². The van der Waals surface area contributed by atoms with E-state index in [9.17, 15) is 4.39 Å². The number of epoxide rings is 1. The molecule has 3 rings (SSSR count). The van der Waals surface area contributed by atoms with Gasteiger partial charge in [-0.3, -0.25) is 4.98 Å². The maximum atomic E-state index is 13.8. The predicted molar refractivity (Wildman–Crippen MR) is 64.1 cm³/mol. The third-order valence-corrected chi connectivity index (χ3v) is 3.07. The van der Waals surface area contributed by atoms with Gasteiger partial charge >= 0.3 is 0 Å². The third-order valence-electron chi connectivity index (χ3n) is 3.07. The van der Waals surface area contributed by atoms with Gasteiger partial charge in [-0.2, -0.15) is 0 Å². The van der Waals surface area contributed by atoms with E-state index in [0.717, 1.165) is 13.0 Å². The summed E-state index contributed by atoms with van der Waals surface area (Å²) in [4.78, 5) is 8.32. The summed E-state index contributed by atoms with van der Waals surface area (Å²) in [5, 5.41) is 0. The molecule has 1 aliphatic heterocycles. The molecule has 1 atom stereocenters. The van der Waals surface area contributed by atoms with E-state index in [1.807, 2.05) is 0 Å². The lowest BCUT2D eigenvalue weighted by molar-refractivity contribution is 0.395. The average Bonchev–Trinajstić information content (AvgIpc) is 3.21. The fourth-order valence-corrected chi connectivity index (χ4v) is 1.97. The maximum absolute atomic E-state index is 13.8. The number of ether oxygens (including phenoxy) is 2. The summed E-state index contributed by atoms with van der Waals surface area (Å²) in [6.45, 7) is 0.779. The van der Waals surface area contributed by atoms with Crippen LogP contribution in [0.1, 0.15) is 12.0 Å². The van der Waals surface area contributed by atoms with E-state index in [2.05, 4.69) is 9.97 Å². The number of rotatable bonds is 4. The lowest BCUT2D eigenvalue weighted by Crippen LogP contribution is -2.00. The molecule has 0 saturated carbocycles. The van der Waals surface area contributed by atoms with Crippen LogP contribution in [0.5, 0.6) is 5.88 Å². The molecule has 1 fully saturated rings. The van der Waals surface area contributed by atoms with Gasteiger partial charge in [0.15, 0.2) is 0 Å². The molecule has 0 N–H and O–H groups in total. The Kier molecular flexibility index (Phi) is 2.83. The summed E-state index contributed by atoms with van der Waals surface area (Å²) in [6.07, 6.45) is 2.95. The molecule has 1 unspecified atom stereocenters. The Morgan fingerprint density at radius 3 is 3.06 bits per heavy atom. The van der Waals surface area contributed by atoms with Crippen LogP contribution in [0, 0.1) is 5.82 Å². The predicted octanol–water partition coefficient (Wildman–Crippen LogP) is 2.11. The molecule has 2 aromatic rings. The Morgan fingerprint density at radius 2 is 2.33 bits per heavy atom. The highest BCUT2D eigenvalue weighted by atomic mass is 19.1. The zero-order chi connectivity index (χ0) is 12.5. The number of hydrogen-bond donors (Lipinski definition) is 0. The highest BCUT2D eigenvalue weighted by Gasteiger charge is 2.23. The van der Waals surface area contributed by atoms with Crippen molar-refractivity contribution in [3.05, 3.63) is 29.7 Å². The van der Waals surface area contributed by atoms with Crippen LogP contribution in [-0.4, -0.2) is 29.8 Å². The summed E-state index contributed by atoms with van der Waals surface area (Å²) < 4.78 is 24.1. The third kappa shape index (κ3) is 2.13. The Hall–Kier alpha value is -1.75. The van der Waals surface area contributed by atoms with Crippen molar-refractivity contribution < 1.29 is 13.9 Å². The van der Waals surface area contributed by atoms with Crippen LogP contribution in [0.2, 0.25) is 0 Å². The molecule has 3 heterocycles. The van der Waals surface area contributed by atoms with Crippen LogP contribution in [0.3, 0.4) is 0 Å². The Morgan fingerprint density at radius 1 is 1.50 bits per heavy atom. The number of halogens is 1. The smallest absolute Gasteiger partial charge is 0.213 e. The van der Waals surface area contributed by atoms with E-state index in [0.29, 0.717) is 28.9 Å². The first kappa shape index (κ1) is 11.3. The van der Waals surface area contributed by atoms with Gasteiger partial charge < -0.3 is 9.47 Å². The average molecular weight is 248 g/mol. The number of pyridine rings is 2. The van der Waals surface area contributed by atoms with Gasteiger partial charge in [0.1, 0.15) is 5.82 Å². The minimum absolute atomic E-state index is 0.276. The molecule has 0 aliphatic carbocycles. The standard InChI is InChI=1S/C13H13FN2O2/c1-17-12-5-4-11-13(16-12)9(10(14)6-15-11)3-2-8-7-18-8/h4-6,8H,2-3,7H2,1H3. The molecule has 4 nitrogen and oxygen atoms in total. The Balaban J connectivity index is 2.03. The van der Waals surface area contributed by atoms with Crippen molar-refractivity contribution in [2.24, 2.45) is 0 Å². The fraction of sp³-hybridized carbons (Fsp3) is 0.385. The van der Waals surface area contributed by atoms with E-state index >= 15 is 0 Å². The summed E-state index contributed by atoms with van der Waals surface area (Å²) in [5.74, 6) is 0.155. The van der Waals surface area contributed by atoms with E-state index < -0.39 is 0 Å². The van der Waals surface area contributed by atoms with Gasteiger partial charge in [-0.1, -0.05) is 0 Å². The number of nitrogens with zero attached hydrogens (tertiary/aromatic N) is 2. The topological polar surface area (TPSA) is 47.5 Å². The van der Waals surface area contributed by atoms with E-state index in [1.165, 1.54) is 6.20 Å². The highest BCUT2D eigenvalue weighted by molar-refractivity contribution is 5.78. The van der Waals surface area contributed by atoms with Crippen molar-refractivity contribution in [2.45, 2.75) is 18.9 Å². The van der Waals surface area contributed by atoms with Gasteiger partial charge in [-0.15, -0.1) is 0 Å². The molecule has 94 valence electrons. The maximum Gasteiger partial charge on any atom is 0.213 e. The van der Waals surface area contributed by atoms with Gasteiger partial charge in [0.05, 0.1) is 37.1 Å². The lowest BCUT2D eigenvalue weighted by atomic mass is 10.1. The molecule has 5 heteroatoms. The number of hydrogen-bond acceptors (Lipinski definition) is 4. The molecular formula is C13H13FN2O2. The van der Waals surface area contributed by atoms with Crippen molar-refractivity contribution in [2.75, 3.05) is 13.7 Å². The second kappa shape index (κ2) is 4.49. The monoisotopic (exact) mass is 248 g/mol. The molecule has 2 aromatic heterocycles. The number of aryl methyl sites for hydroxylation is 1. The van der Waals surface area contributed by atoms with E-state index in [-0.39, 0.29) is 11.9 Å². The van der Waals surface area contributed by atoms with Crippen LogP contribution in [0.4, 0.5) is 4.39 Å². The molecule has 1 saturated heterocycles. The lowest BCUT2D eigenvalue weighted by Gasteiger charge is -2.07. The largest absolute Gasteiger partial charge is 0.481 e. The second-order valence-electron chi connectivity index (χ2n) is 4.30. The quantitative estimate of drug-likeness (QED) is 0.777. The molecule has 0 amide bonds. The SMILES string of the molecule is COc1ccc2ncc(F)c(CCC3CO3)c2n1. The van der Waals surface area contributed by atoms with Gasteiger partial charge in [0.2, 0.25) is 5.88 Å². The normalized spacial score (nSPS) is 18.0. The van der Waals surface area contributed by atoms with Crippen molar-refractivity contribution in [1.29, 1.82) is 0 Å². The van der Waals surface area contributed by atoms with E-state index in [1.54, 1.807) is 19.2 Å². The highest BCUT2D eigenvalue weighted by Crippen LogP contribution is 2.24. The van der Waals surface area contributed by atoms with Gasteiger partial charge in [0.25, 0.3) is 0 Å². The van der Waals surface area contributed by atoms with Crippen LogP contribution >= 0.6 is 0 Å². The first-order valence-corrected chi connectivity index (χ1v) is 5.87.